The number of halogens is 1. The minimum Gasteiger partial charge on any atom is -0.357 e. The predicted molar refractivity (Wildman–Crippen MR) is 104 cm³/mol. The Morgan fingerprint density at radius 1 is 1.14 bits per heavy atom. The molecule has 0 bridgehead atoms. The van der Waals surface area contributed by atoms with Crippen molar-refractivity contribution in [1.82, 2.24) is 10.6 Å². The second-order valence-electron chi connectivity index (χ2n) is 4.72. The van der Waals surface area contributed by atoms with Gasteiger partial charge in [0.25, 0.3) is 0 Å². The molecule has 22 heavy (non-hydrogen) atoms. The van der Waals surface area contributed by atoms with Crippen molar-refractivity contribution in [2.75, 3.05) is 18.4 Å². The number of nitrogens with one attached hydrogen (secondary N) is 3. The Morgan fingerprint density at radius 2 is 1.82 bits per heavy atom. The standard InChI is InChI=1S/C16H26N4O.HI/c1-4-8-15(21)20-14-10-7-9-13(11-14)12-19-16(17-5-2)18-6-3;/h7,9-11H,4-6,8,12H2,1-3H3,(H,20,21)(H2,17,18,19);1H. The maximum absolute atomic E-state index is 11.6. The van der Waals surface area contributed by atoms with Gasteiger partial charge in [0, 0.05) is 25.2 Å². The van der Waals surface area contributed by atoms with E-state index in [4.69, 9.17) is 0 Å². The first-order valence-electron chi connectivity index (χ1n) is 7.60. The molecule has 0 fully saturated rings. The normalized spacial score (nSPS) is 9.41. The molecule has 5 nitrogen and oxygen atoms in total. The third-order valence-electron chi connectivity index (χ3n) is 2.80. The second-order valence-corrected chi connectivity index (χ2v) is 4.72. The minimum absolute atomic E-state index is 0. The van der Waals surface area contributed by atoms with E-state index in [1.54, 1.807) is 0 Å². The number of amides is 1. The monoisotopic (exact) mass is 418 g/mol. The van der Waals surface area contributed by atoms with E-state index in [1.165, 1.54) is 0 Å². The molecule has 0 aliphatic heterocycles. The molecule has 1 aromatic rings. The summed E-state index contributed by atoms with van der Waals surface area (Å²) in [5.74, 6) is 0.861. The molecule has 0 saturated carbocycles. The lowest BCUT2D eigenvalue weighted by Crippen LogP contribution is -2.36. The molecule has 1 amide bonds. The fourth-order valence-corrected chi connectivity index (χ4v) is 1.88. The highest BCUT2D eigenvalue weighted by Gasteiger charge is 2.02. The van der Waals surface area contributed by atoms with Crippen molar-refractivity contribution in [2.45, 2.75) is 40.2 Å². The maximum Gasteiger partial charge on any atom is 0.224 e. The lowest BCUT2D eigenvalue weighted by atomic mass is 10.2. The number of hydrogen-bond donors (Lipinski definition) is 3. The number of carbonyl (C=O) groups is 1. The third kappa shape index (κ3) is 8.21. The molecule has 0 saturated heterocycles. The van der Waals surface area contributed by atoms with Gasteiger partial charge in [0.1, 0.15) is 0 Å². The van der Waals surface area contributed by atoms with Crippen molar-refractivity contribution in [2.24, 2.45) is 4.99 Å². The largest absolute Gasteiger partial charge is 0.357 e. The Hall–Kier alpha value is -1.31. The van der Waals surface area contributed by atoms with Crippen molar-refractivity contribution in [3.63, 3.8) is 0 Å². The molecule has 1 rings (SSSR count). The fourth-order valence-electron chi connectivity index (χ4n) is 1.88. The van der Waals surface area contributed by atoms with Crippen LogP contribution < -0.4 is 16.0 Å². The Bertz CT molecular complexity index is 469. The Morgan fingerprint density at radius 3 is 2.41 bits per heavy atom. The summed E-state index contributed by atoms with van der Waals surface area (Å²) in [7, 11) is 0. The zero-order valence-electron chi connectivity index (χ0n) is 13.6. The van der Waals surface area contributed by atoms with Gasteiger partial charge < -0.3 is 16.0 Å². The number of hydrogen-bond acceptors (Lipinski definition) is 2. The van der Waals surface area contributed by atoms with E-state index in [2.05, 4.69) is 20.9 Å². The van der Waals surface area contributed by atoms with Crippen LogP contribution in [0.3, 0.4) is 0 Å². The molecule has 6 heteroatoms. The van der Waals surface area contributed by atoms with Crippen LogP contribution in [0.1, 0.15) is 39.2 Å². The van der Waals surface area contributed by atoms with Gasteiger partial charge in [-0.05, 0) is 38.0 Å². The number of benzene rings is 1. The summed E-state index contributed by atoms with van der Waals surface area (Å²) in [5.41, 5.74) is 1.90. The highest BCUT2D eigenvalue weighted by molar-refractivity contribution is 14.0. The number of aliphatic imine (C=N–C) groups is 1. The minimum atomic E-state index is 0. The summed E-state index contributed by atoms with van der Waals surface area (Å²) in [6, 6.07) is 7.81. The van der Waals surface area contributed by atoms with Gasteiger partial charge in [0.2, 0.25) is 5.91 Å². The number of rotatable bonds is 7. The molecule has 0 atom stereocenters. The Balaban J connectivity index is 0.00000441. The predicted octanol–water partition coefficient (Wildman–Crippen LogP) is 3.12. The smallest absolute Gasteiger partial charge is 0.224 e. The van der Waals surface area contributed by atoms with Crippen LogP contribution in [0.5, 0.6) is 0 Å². The van der Waals surface area contributed by atoms with Crippen LogP contribution in [0.25, 0.3) is 0 Å². The molecule has 0 unspecified atom stereocenters. The van der Waals surface area contributed by atoms with Crippen LogP contribution in [0, 0.1) is 0 Å². The number of guanidine groups is 1. The van der Waals surface area contributed by atoms with Crippen molar-refractivity contribution in [1.29, 1.82) is 0 Å². The summed E-state index contributed by atoms with van der Waals surface area (Å²) < 4.78 is 0. The molecule has 0 spiro atoms. The summed E-state index contributed by atoms with van der Waals surface area (Å²) in [6.45, 7) is 8.31. The first-order chi connectivity index (χ1) is 10.2. The van der Waals surface area contributed by atoms with Crippen molar-refractivity contribution >= 4 is 41.5 Å². The van der Waals surface area contributed by atoms with E-state index in [-0.39, 0.29) is 29.9 Å². The third-order valence-corrected chi connectivity index (χ3v) is 2.80. The quantitative estimate of drug-likeness (QED) is 0.362. The summed E-state index contributed by atoms with van der Waals surface area (Å²) in [5, 5.41) is 9.28. The Labute approximate surface area is 150 Å². The van der Waals surface area contributed by atoms with Gasteiger partial charge in [-0.3, -0.25) is 4.79 Å². The number of anilines is 1. The van der Waals surface area contributed by atoms with Crippen LogP contribution in [-0.2, 0) is 11.3 Å². The van der Waals surface area contributed by atoms with Gasteiger partial charge >= 0.3 is 0 Å². The van der Waals surface area contributed by atoms with Crippen LogP contribution in [0.4, 0.5) is 5.69 Å². The molecule has 124 valence electrons. The van der Waals surface area contributed by atoms with Crippen LogP contribution in [0.2, 0.25) is 0 Å². The topological polar surface area (TPSA) is 65.5 Å². The molecular formula is C16H27IN4O. The van der Waals surface area contributed by atoms with Crippen LogP contribution >= 0.6 is 24.0 Å². The zero-order chi connectivity index (χ0) is 15.5. The maximum atomic E-state index is 11.6. The van der Waals surface area contributed by atoms with E-state index in [0.29, 0.717) is 13.0 Å². The van der Waals surface area contributed by atoms with Gasteiger partial charge in [-0.15, -0.1) is 24.0 Å². The van der Waals surface area contributed by atoms with Gasteiger partial charge in [-0.2, -0.15) is 0 Å². The second kappa shape index (κ2) is 12.3. The molecule has 0 aliphatic rings. The summed E-state index contributed by atoms with van der Waals surface area (Å²) in [6.07, 6.45) is 1.40. The first kappa shape index (κ1) is 20.7. The lowest BCUT2D eigenvalue weighted by molar-refractivity contribution is -0.116. The van der Waals surface area contributed by atoms with Crippen molar-refractivity contribution in [3.8, 4) is 0 Å². The molecule has 0 aliphatic carbocycles. The molecule has 3 N–H and O–H groups in total. The number of nitrogens with zero attached hydrogens (tertiary/aromatic N) is 1. The number of carbonyl (C=O) groups excluding carboxylic acids is 1. The summed E-state index contributed by atoms with van der Waals surface area (Å²) >= 11 is 0. The first-order valence-corrected chi connectivity index (χ1v) is 7.60. The average Bonchev–Trinajstić information content (AvgIpc) is 2.46. The van der Waals surface area contributed by atoms with E-state index in [0.717, 1.165) is 36.7 Å². The lowest BCUT2D eigenvalue weighted by Gasteiger charge is -2.10. The summed E-state index contributed by atoms with van der Waals surface area (Å²) in [4.78, 5) is 16.1. The molecule has 0 aromatic heterocycles. The fraction of sp³-hybridized carbons (Fsp3) is 0.500. The van der Waals surface area contributed by atoms with Crippen LogP contribution in [0.15, 0.2) is 29.3 Å². The SMILES string of the molecule is CCCC(=O)Nc1cccc(CN=C(NCC)NCC)c1.I. The highest BCUT2D eigenvalue weighted by atomic mass is 127. The molecule has 1 aromatic carbocycles. The Kier molecular flexibility index (Phi) is 11.5. The van der Waals surface area contributed by atoms with Gasteiger partial charge in [0.15, 0.2) is 5.96 Å². The van der Waals surface area contributed by atoms with E-state index < -0.39 is 0 Å². The van der Waals surface area contributed by atoms with Gasteiger partial charge in [-0.1, -0.05) is 19.1 Å². The zero-order valence-corrected chi connectivity index (χ0v) is 15.9. The van der Waals surface area contributed by atoms with Crippen LogP contribution in [-0.4, -0.2) is 25.0 Å². The van der Waals surface area contributed by atoms with Gasteiger partial charge in [-0.25, -0.2) is 4.99 Å². The van der Waals surface area contributed by atoms with E-state index in [1.807, 2.05) is 45.0 Å². The van der Waals surface area contributed by atoms with Crippen molar-refractivity contribution in [3.05, 3.63) is 29.8 Å². The molecule has 0 heterocycles. The molecule has 0 radical (unpaired) electrons. The average molecular weight is 418 g/mol. The van der Waals surface area contributed by atoms with Gasteiger partial charge in [0.05, 0.1) is 6.54 Å². The van der Waals surface area contributed by atoms with Crippen molar-refractivity contribution < 1.29 is 4.79 Å². The highest BCUT2D eigenvalue weighted by Crippen LogP contribution is 2.12. The molecular weight excluding hydrogens is 391 g/mol. The van der Waals surface area contributed by atoms with E-state index >= 15 is 0 Å². The van der Waals surface area contributed by atoms with E-state index in [9.17, 15) is 4.79 Å².